The number of hydrogen-bond acceptors (Lipinski definition) is 8. The summed E-state index contributed by atoms with van der Waals surface area (Å²) in [4.78, 5) is 57.9. The molecule has 228 valence electrons. The number of carboxylic acid groups (broad SMARTS) is 1. The summed E-state index contributed by atoms with van der Waals surface area (Å²) < 4.78 is 39.5. The van der Waals surface area contributed by atoms with Gasteiger partial charge in [-0.25, -0.2) is 22.6 Å². The molecule has 1 heterocycles. The molecule has 0 bridgehead atoms. The normalized spacial score (nSPS) is 11.9. The van der Waals surface area contributed by atoms with Gasteiger partial charge in [0.2, 0.25) is 15.9 Å². The van der Waals surface area contributed by atoms with E-state index in [0.29, 0.717) is 22.3 Å². The standard InChI is InChI=1S/C29H32FN5O7S/c1-5-13-35(16-19-15-21-24(14-17(19)2)31-18(3)32-28(21)38)26-20(9-8-10-22(26)30)27(37)33-23(29(39)40)11-6-7-12-25(36)34-43(4,41)42/h1,8-10,14-15,23H,6-7,11-13,16H2,2-4H3,(H,33,37)(H,34,36)(H,39,40)(H,31,32,38). The molecule has 0 aliphatic carbocycles. The lowest BCUT2D eigenvalue weighted by molar-refractivity contribution is -0.139. The molecule has 0 saturated carbocycles. The van der Waals surface area contributed by atoms with Crippen LogP contribution in [-0.2, 0) is 26.2 Å². The highest BCUT2D eigenvalue weighted by Crippen LogP contribution is 2.28. The lowest BCUT2D eigenvalue weighted by Gasteiger charge is -2.27. The van der Waals surface area contributed by atoms with Gasteiger partial charge >= 0.3 is 5.97 Å². The minimum absolute atomic E-state index is 0.0262. The molecule has 3 aromatic rings. The van der Waals surface area contributed by atoms with Gasteiger partial charge in [0.05, 0.1) is 35.0 Å². The van der Waals surface area contributed by atoms with Gasteiger partial charge in [0.15, 0.2) is 0 Å². The lowest BCUT2D eigenvalue weighted by atomic mass is 10.0. The summed E-state index contributed by atoms with van der Waals surface area (Å²) >= 11 is 0. The van der Waals surface area contributed by atoms with Crippen LogP contribution in [0.4, 0.5) is 10.1 Å². The Hall–Kier alpha value is -4.77. The molecule has 0 aliphatic heterocycles. The van der Waals surface area contributed by atoms with Crippen molar-refractivity contribution in [1.82, 2.24) is 20.0 Å². The first-order valence-corrected chi connectivity index (χ1v) is 15.1. The number of aryl methyl sites for hydroxylation is 2. The fourth-order valence-electron chi connectivity index (χ4n) is 4.56. The first-order valence-electron chi connectivity index (χ1n) is 13.2. The number of anilines is 1. The molecule has 0 radical (unpaired) electrons. The van der Waals surface area contributed by atoms with Crippen molar-refractivity contribution in [3.8, 4) is 12.3 Å². The second-order valence-corrected chi connectivity index (χ2v) is 11.8. The number of aromatic nitrogens is 2. The van der Waals surface area contributed by atoms with Gasteiger partial charge in [-0.15, -0.1) is 6.42 Å². The van der Waals surface area contributed by atoms with E-state index < -0.39 is 39.7 Å². The second-order valence-electron chi connectivity index (χ2n) is 10.1. The molecule has 0 aliphatic rings. The fraction of sp³-hybridized carbons (Fsp3) is 0.345. The monoisotopic (exact) mass is 613 g/mol. The van der Waals surface area contributed by atoms with E-state index in [9.17, 15) is 32.7 Å². The van der Waals surface area contributed by atoms with Gasteiger partial charge in [-0.1, -0.05) is 18.4 Å². The maximum Gasteiger partial charge on any atom is 0.326 e. The molecule has 1 atom stereocenters. The highest BCUT2D eigenvalue weighted by atomic mass is 32.2. The Kier molecular flexibility index (Phi) is 10.6. The summed E-state index contributed by atoms with van der Waals surface area (Å²) in [6, 6.07) is 5.81. The number of nitrogens with zero attached hydrogens (tertiary/aromatic N) is 2. The van der Waals surface area contributed by atoms with Crippen LogP contribution < -0.4 is 20.5 Å². The van der Waals surface area contributed by atoms with Crippen molar-refractivity contribution < 1.29 is 32.3 Å². The van der Waals surface area contributed by atoms with E-state index in [1.54, 1.807) is 26.0 Å². The van der Waals surface area contributed by atoms with Crippen molar-refractivity contribution in [2.24, 2.45) is 0 Å². The number of carboxylic acids is 1. The Labute approximate surface area is 247 Å². The molecular formula is C29H32FN5O7S. The van der Waals surface area contributed by atoms with Crippen molar-refractivity contribution >= 4 is 44.4 Å². The van der Waals surface area contributed by atoms with Crippen LogP contribution >= 0.6 is 0 Å². The highest BCUT2D eigenvalue weighted by Gasteiger charge is 2.26. The number of rotatable bonds is 13. The first-order chi connectivity index (χ1) is 20.2. The van der Waals surface area contributed by atoms with E-state index in [1.165, 1.54) is 17.0 Å². The van der Waals surface area contributed by atoms with Gasteiger partial charge in [0.1, 0.15) is 17.7 Å². The van der Waals surface area contributed by atoms with Crippen LogP contribution in [0.15, 0.2) is 35.1 Å². The van der Waals surface area contributed by atoms with Crippen LogP contribution in [0.2, 0.25) is 0 Å². The Balaban J connectivity index is 1.84. The number of H-pyrrole nitrogens is 1. The fourth-order valence-corrected chi connectivity index (χ4v) is 5.07. The largest absolute Gasteiger partial charge is 0.480 e. The number of sulfonamides is 1. The van der Waals surface area contributed by atoms with Gasteiger partial charge in [-0.05, 0) is 62.1 Å². The molecule has 1 unspecified atom stereocenters. The van der Waals surface area contributed by atoms with Crippen LogP contribution in [0.1, 0.15) is 53.0 Å². The van der Waals surface area contributed by atoms with Crippen molar-refractivity contribution in [1.29, 1.82) is 0 Å². The van der Waals surface area contributed by atoms with Crippen molar-refractivity contribution in [2.75, 3.05) is 17.7 Å². The number of benzene rings is 2. The molecule has 14 heteroatoms. The quantitative estimate of drug-likeness (QED) is 0.166. The number of carbonyl (C=O) groups excluding carboxylic acids is 2. The zero-order valence-corrected chi connectivity index (χ0v) is 24.7. The maximum absolute atomic E-state index is 15.3. The number of aromatic amines is 1. The molecule has 2 aromatic carbocycles. The molecule has 0 fully saturated rings. The third-order valence-electron chi connectivity index (χ3n) is 6.52. The number of terminal acetylenes is 1. The Bertz CT molecular complexity index is 1770. The predicted octanol–water partition coefficient (Wildman–Crippen LogP) is 2.14. The lowest BCUT2D eigenvalue weighted by Crippen LogP contribution is -2.41. The average Bonchev–Trinajstić information content (AvgIpc) is 2.89. The summed E-state index contributed by atoms with van der Waals surface area (Å²) in [7, 11) is -3.71. The van der Waals surface area contributed by atoms with E-state index in [0.717, 1.165) is 17.9 Å². The van der Waals surface area contributed by atoms with Crippen LogP contribution in [0.5, 0.6) is 0 Å². The van der Waals surface area contributed by atoms with Crippen LogP contribution in [-0.4, -0.2) is 60.1 Å². The van der Waals surface area contributed by atoms with Crippen LogP contribution in [0, 0.1) is 32.0 Å². The molecule has 0 saturated heterocycles. The highest BCUT2D eigenvalue weighted by molar-refractivity contribution is 7.89. The molecule has 1 aromatic heterocycles. The number of carbonyl (C=O) groups is 3. The predicted molar refractivity (Wildman–Crippen MR) is 158 cm³/mol. The van der Waals surface area contributed by atoms with Gasteiger partial charge in [-0.3, -0.25) is 19.1 Å². The molecule has 0 spiro atoms. The second kappa shape index (κ2) is 13.9. The number of fused-ring (bicyclic) bond motifs is 1. The Morgan fingerprint density at radius 3 is 2.58 bits per heavy atom. The first kappa shape index (κ1) is 32.7. The smallest absolute Gasteiger partial charge is 0.326 e. The number of aliphatic carboxylic acids is 1. The molecule has 3 rings (SSSR count). The van der Waals surface area contributed by atoms with E-state index in [-0.39, 0.29) is 55.6 Å². The van der Waals surface area contributed by atoms with E-state index in [4.69, 9.17) is 6.42 Å². The molecule has 12 nitrogen and oxygen atoms in total. The van der Waals surface area contributed by atoms with Gasteiger partial charge in [0, 0.05) is 13.0 Å². The average molecular weight is 614 g/mol. The third-order valence-corrected chi connectivity index (χ3v) is 7.12. The van der Waals surface area contributed by atoms with E-state index in [2.05, 4.69) is 21.2 Å². The number of para-hydroxylation sites is 1. The minimum Gasteiger partial charge on any atom is -0.480 e. The van der Waals surface area contributed by atoms with Crippen LogP contribution in [0.3, 0.4) is 0 Å². The summed E-state index contributed by atoms with van der Waals surface area (Å²) in [5, 5.41) is 12.4. The van der Waals surface area contributed by atoms with Crippen molar-refractivity contribution in [3.63, 3.8) is 0 Å². The molecule has 2 amide bonds. The molecular weight excluding hydrogens is 581 g/mol. The zero-order chi connectivity index (χ0) is 31.9. The number of unbranched alkanes of at least 4 members (excludes halogenated alkanes) is 1. The maximum atomic E-state index is 15.3. The van der Waals surface area contributed by atoms with E-state index >= 15 is 4.39 Å². The summed E-state index contributed by atoms with van der Waals surface area (Å²) in [6.45, 7) is 3.38. The third kappa shape index (κ3) is 8.86. The van der Waals surface area contributed by atoms with Gasteiger partial charge < -0.3 is 20.3 Å². The number of nitrogens with one attached hydrogen (secondary N) is 3. The summed E-state index contributed by atoms with van der Waals surface area (Å²) in [6.07, 6.45) is 6.57. The number of hydrogen-bond donors (Lipinski definition) is 4. The van der Waals surface area contributed by atoms with Crippen LogP contribution in [0.25, 0.3) is 10.9 Å². The molecule has 43 heavy (non-hydrogen) atoms. The Morgan fingerprint density at radius 2 is 1.93 bits per heavy atom. The Morgan fingerprint density at radius 1 is 1.21 bits per heavy atom. The van der Waals surface area contributed by atoms with Gasteiger partial charge in [0.25, 0.3) is 11.5 Å². The molecule has 4 N–H and O–H groups in total. The van der Waals surface area contributed by atoms with E-state index in [1.807, 2.05) is 4.72 Å². The topological polar surface area (TPSA) is 179 Å². The summed E-state index contributed by atoms with van der Waals surface area (Å²) in [5.41, 5.74) is 1.25. The van der Waals surface area contributed by atoms with Crippen molar-refractivity contribution in [2.45, 2.75) is 52.1 Å². The number of halogens is 1. The SMILES string of the molecule is C#CCN(Cc1cc2c(=O)[nH]c(C)nc2cc1C)c1c(F)cccc1C(=O)NC(CCCCC(=O)NS(C)(=O)=O)C(=O)O. The van der Waals surface area contributed by atoms with Crippen molar-refractivity contribution in [3.05, 3.63) is 69.0 Å². The summed E-state index contributed by atoms with van der Waals surface area (Å²) in [5.74, 6) is -0.776. The minimum atomic E-state index is -3.71. The zero-order valence-electron chi connectivity index (χ0n) is 23.9. The van der Waals surface area contributed by atoms with Gasteiger partial charge in [-0.2, -0.15) is 0 Å². The number of amides is 2.